The van der Waals surface area contributed by atoms with E-state index in [0.717, 1.165) is 0 Å². The molecule has 0 unspecified atom stereocenters. The van der Waals surface area contributed by atoms with E-state index in [9.17, 15) is 0 Å². The van der Waals surface area contributed by atoms with Gasteiger partial charge in [-0.3, -0.25) is 0 Å². The van der Waals surface area contributed by atoms with Gasteiger partial charge in [0.15, 0.2) is 0 Å². The van der Waals surface area contributed by atoms with Gasteiger partial charge in [0.05, 0.1) is 0 Å². The van der Waals surface area contributed by atoms with Crippen molar-refractivity contribution in [1.29, 1.82) is 0 Å². The Labute approximate surface area is 214 Å². The minimum absolute atomic E-state index is 0. The van der Waals surface area contributed by atoms with Gasteiger partial charge in [0.1, 0.15) is 0 Å². The van der Waals surface area contributed by atoms with Crippen LogP contribution in [0, 0.1) is 10.1 Å². The van der Waals surface area contributed by atoms with E-state index in [2.05, 4.69) is 0 Å². The summed E-state index contributed by atoms with van der Waals surface area (Å²) < 4.78 is 8.55. The summed E-state index contributed by atoms with van der Waals surface area (Å²) in [4.78, 5) is 34.0. The zero-order chi connectivity index (χ0) is 8.08. The van der Waals surface area contributed by atoms with E-state index < -0.39 is 12.9 Å². The van der Waals surface area contributed by atoms with Crippen molar-refractivity contribution in [2.45, 2.75) is 0 Å². The summed E-state index contributed by atoms with van der Waals surface area (Å²) in [7, 11) is -5.39. The first kappa shape index (κ1) is 50.8. The van der Waals surface area contributed by atoms with E-state index in [4.69, 9.17) is 34.6 Å². The third-order valence-corrected chi connectivity index (χ3v) is 0. The van der Waals surface area contributed by atoms with Gasteiger partial charge in [0.2, 0.25) is 0 Å². The molecule has 0 aromatic heterocycles. The minimum Gasteiger partial charge on any atom is -0.822 e. The van der Waals surface area contributed by atoms with Crippen LogP contribution in [0.25, 0.3) is 0 Å². The first-order valence-electron chi connectivity index (χ1n) is 1.30. The number of rotatable bonds is 0. The van der Waals surface area contributed by atoms with Crippen LogP contribution in [0.5, 0.6) is 0 Å². The van der Waals surface area contributed by atoms with Crippen LogP contribution in [0.1, 0.15) is 0 Å². The fraction of sp³-hybridized carbons (Fsp3) is 0. The summed E-state index contributed by atoms with van der Waals surface area (Å²) in [6.07, 6.45) is 0. The normalized spacial score (nSPS) is 5.53. The monoisotopic (exact) mass is 326 g/mol. The Hall–Kier alpha value is 4.10. The number of nitrogens with zero attached hydrogens (tertiary/aromatic N) is 1. The third-order valence-electron chi connectivity index (χ3n) is 0. The molecule has 0 heterocycles. The number of phosphoric acid groups is 1. The second kappa shape index (κ2) is 30.8. The molecular formula is H10K3N4O7P. The molecule has 0 aliphatic rings. The average molecular weight is 326 g/mol. The largest absolute Gasteiger partial charge is 1.00 e. The maximum Gasteiger partial charge on any atom is 1.00 e. The Balaban J connectivity index is -0.00000000785. The molecule has 15 heavy (non-hydrogen) atoms. The third kappa shape index (κ3) is 279. The molecule has 0 saturated carbocycles. The molecule has 0 bridgehead atoms. The summed E-state index contributed by atoms with van der Waals surface area (Å²) in [6, 6.07) is 0. The first-order valence-corrected chi connectivity index (χ1v) is 2.76. The minimum atomic E-state index is -5.39. The van der Waals surface area contributed by atoms with Crippen molar-refractivity contribution in [2.24, 2.45) is 0 Å². The predicted octanol–water partition coefficient (Wildman–Crippen LogP) is -11.7. The summed E-state index contributed by atoms with van der Waals surface area (Å²) in [5, 5.41) is 13.6. The van der Waals surface area contributed by atoms with Crippen molar-refractivity contribution < 1.29 is 184 Å². The van der Waals surface area contributed by atoms with Gasteiger partial charge in [-0.05, 0) is 0 Å². The van der Waals surface area contributed by atoms with E-state index in [1.807, 2.05) is 0 Å². The van der Waals surface area contributed by atoms with Crippen LogP contribution in [0.15, 0.2) is 0 Å². The SMILES string of the molecule is N.N.N.O=P([O-])([O-])[O-].O=[N+]([O-])O.[K+].[K+].[K+]. The Morgan fingerprint density at radius 2 is 0.933 bits per heavy atom. The molecule has 11 nitrogen and oxygen atoms in total. The molecule has 15 heteroatoms. The van der Waals surface area contributed by atoms with Crippen molar-refractivity contribution in [3.63, 3.8) is 0 Å². The molecule has 0 fully saturated rings. The van der Waals surface area contributed by atoms with Crippen molar-refractivity contribution >= 4 is 7.82 Å². The molecule has 80 valence electrons. The van der Waals surface area contributed by atoms with Gasteiger partial charge in [-0.2, -0.15) is 7.82 Å². The van der Waals surface area contributed by atoms with Crippen LogP contribution in [-0.4, -0.2) is 10.3 Å². The van der Waals surface area contributed by atoms with E-state index in [1.54, 1.807) is 0 Å². The maximum absolute atomic E-state index is 8.55. The molecule has 0 saturated heterocycles. The van der Waals surface area contributed by atoms with E-state index in [1.165, 1.54) is 0 Å². The maximum atomic E-state index is 8.55. The van der Waals surface area contributed by atoms with Crippen molar-refractivity contribution in [1.82, 2.24) is 18.5 Å². The molecular weight excluding hydrogens is 316 g/mol. The molecule has 0 atom stereocenters. The number of hydrogen-bond donors (Lipinski definition) is 4. The Bertz CT molecular complexity index is 126. The van der Waals surface area contributed by atoms with Crippen molar-refractivity contribution in [3.8, 4) is 0 Å². The van der Waals surface area contributed by atoms with Crippen LogP contribution in [-0.2, 0) is 4.57 Å². The van der Waals surface area contributed by atoms with Crippen LogP contribution < -0.4 is 187 Å². The smallest absolute Gasteiger partial charge is 0.822 e. The molecule has 0 aliphatic heterocycles. The average Bonchev–Trinajstić information content (AvgIpc) is 1.19. The van der Waals surface area contributed by atoms with Gasteiger partial charge >= 0.3 is 154 Å². The molecule has 0 radical (unpaired) electrons. The zero-order valence-corrected chi connectivity index (χ0v) is 19.2. The summed E-state index contributed by atoms with van der Waals surface area (Å²) in [5.74, 6) is 0. The van der Waals surface area contributed by atoms with E-state index in [-0.39, 0.29) is 173 Å². The Morgan fingerprint density at radius 3 is 0.933 bits per heavy atom. The molecule has 0 spiro atoms. The quantitative estimate of drug-likeness (QED) is 0.141. The summed E-state index contributed by atoms with van der Waals surface area (Å²) in [6.45, 7) is 0. The van der Waals surface area contributed by atoms with Crippen LogP contribution in [0.2, 0.25) is 0 Å². The van der Waals surface area contributed by atoms with E-state index >= 15 is 0 Å². The Morgan fingerprint density at radius 1 is 0.933 bits per heavy atom. The topological polar surface area (TPSA) is 255 Å². The standard InChI is InChI=1S/3K.HNO3.3H3N.H3O4P/c;;;2-1(3)4;;;;1-5(2,3)4/h;;;(H,2,3,4);3*1H3;(H3,1,2,3,4)/q3*+1;;;;;/p-3. The molecule has 0 aromatic rings. The Kier molecular flexibility index (Phi) is 104. The van der Waals surface area contributed by atoms with Crippen molar-refractivity contribution in [3.05, 3.63) is 10.1 Å². The second-order valence-corrected chi connectivity index (χ2v) is 1.58. The van der Waals surface area contributed by atoms with Crippen molar-refractivity contribution in [2.75, 3.05) is 0 Å². The molecule has 0 rings (SSSR count). The van der Waals surface area contributed by atoms with E-state index in [0.29, 0.717) is 0 Å². The van der Waals surface area contributed by atoms with Gasteiger partial charge in [-0.1, -0.05) is 0 Å². The van der Waals surface area contributed by atoms with Crippen LogP contribution >= 0.6 is 7.82 Å². The number of hydrogen-bond acceptors (Lipinski definition) is 9. The predicted molar refractivity (Wildman–Crippen MR) is 31.5 cm³/mol. The van der Waals surface area contributed by atoms with Crippen LogP contribution in [0.4, 0.5) is 0 Å². The molecule has 10 N–H and O–H groups in total. The van der Waals surface area contributed by atoms with Crippen LogP contribution in [0.3, 0.4) is 0 Å². The van der Waals surface area contributed by atoms with Gasteiger partial charge in [-0.15, -0.1) is 10.1 Å². The van der Waals surface area contributed by atoms with Gasteiger partial charge in [-0.25, -0.2) is 0 Å². The molecule has 0 aliphatic carbocycles. The molecule has 0 amide bonds. The summed E-state index contributed by atoms with van der Waals surface area (Å²) in [5.41, 5.74) is 0. The molecule has 0 aromatic carbocycles. The van der Waals surface area contributed by atoms with Gasteiger partial charge in [0, 0.05) is 0 Å². The zero-order valence-electron chi connectivity index (χ0n) is 8.91. The first-order chi connectivity index (χ1) is 3.73. The fourth-order valence-corrected chi connectivity index (χ4v) is 0. The second-order valence-electron chi connectivity index (χ2n) is 0.685. The van der Waals surface area contributed by atoms with Gasteiger partial charge < -0.3 is 42.9 Å². The van der Waals surface area contributed by atoms with Gasteiger partial charge in [0.25, 0.3) is 5.09 Å². The summed E-state index contributed by atoms with van der Waals surface area (Å²) >= 11 is 0. The fourth-order valence-electron chi connectivity index (χ4n) is 0.